The minimum absolute atomic E-state index is 0.711. The normalized spacial score (nSPS) is 11.7. The Kier molecular flexibility index (Phi) is 5.17. The smallest absolute Gasteiger partial charge is 0.191 e. The maximum Gasteiger partial charge on any atom is 0.191 e. The van der Waals surface area contributed by atoms with Crippen LogP contribution in [0.25, 0.3) is 0 Å². The Bertz CT molecular complexity index is 537. The van der Waals surface area contributed by atoms with Crippen molar-refractivity contribution in [1.82, 2.24) is 20.2 Å². The molecule has 0 aromatic carbocycles. The molecule has 5 nitrogen and oxygen atoms in total. The van der Waals surface area contributed by atoms with Crippen molar-refractivity contribution in [2.45, 2.75) is 26.9 Å². The number of hydrogen-bond donors (Lipinski definition) is 2. The predicted molar refractivity (Wildman–Crippen MR) is 84.2 cm³/mol. The van der Waals surface area contributed by atoms with Gasteiger partial charge in [-0.05, 0) is 26.0 Å². The first-order valence-corrected chi connectivity index (χ1v) is 7.49. The first-order valence-electron chi connectivity index (χ1n) is 6.67. The third kappa shape index (κ3) is 4.09. The highest BCUT2D eigenvalue weighted by Gasteiger charge is 2.04. The van der Waals surface area contributed by atoms with Crippen molar-refractivity contribution in [2.75, 3.05) is 13.6 Å². The van der Waals surface area contributed by atoms with E-state index in [1.165, 1.54) is 4.88 Å². The molecule has 0 bridgehead atoms. The van der Waals surface area contributed by atoms with Gasteiger partial charge in [-0.25, -0.2) is 4.98 Å². The summed E-state index contributed by atoms with van der Waals surface area (Å²) >= 11 is 1.73. The summed E-state index contributed by atoms with van der Waals surface area (Å²) in [6, 6.07) is 4.06. The van der Waals surface area contributed by atoms with E-state index in [1.807, 2.05) is 19.1 Å². The summed E-state index contributed by atoms with van der Waals surface area (Å²) in [5, 5.41) is 7.67. The number of hydrogen-bond acceptors (Lipinski definition) is 3. The number of thiazole rings is 1. The average molecular weight is 291 g/mol. The molecule has 0 amide bonds. The fourth-order valence-electron chi connectivity index (χ4n) is 1.82. The molecule has 0 radical (unpaired) electrons. The molecule has 0 unspecified atom stereocenters. The van der Waals surface area contributed by atoms with Crippen LogP contribution in [0.4, 0.5) is 0 Å². The van der Waals surface area contributed by atoms with Crippen LogP contribution in [0, 0.1) is 13.8 Å². The fourth-order valence-corrected chi connectivity index (χ4v) is 2.69. The summed E-state index contributed by atoms with van der Waals surface area (Å²) in [4.78, 5) is 10.00. The molecule has 108 valence electrons. The van der Waals surface area contributed by atoms with Gasteiger partial charge in [0.2, 0.25) is 0 Å². The number of aromatic nitrogens is 2. The number of rotatable bonds is 5. The summed E-state index contributed by atoms with van der Waals surface area (Å²) in [6.45, 7) is 6.61. The van der Waals surface area contributed by atoms with Gasteiger partial charge in [-0.1, -0.05) is 0 Å². The topological polar surface area (TPSA) is 54.2 Å². The van der Waals surface area contributed by atoms with Crippen molar-refractivity contribution >= 4 is 17.3 Å². The van der Waals surface area contributed by atoms with Crippen molar-refractivity contribution in [3.63, 3.8) is 0 Å². The van der Waals surface area contributed by atoms with Gasteiger partial charge in [0.1, 0.15) is 5.01 Å². The molecule has 0 atom stereocenters. The second-order valence-corrected chi connectivity index (χ2v) is 5.81. The van der Waals surface area contributed by atoms with Gasteiger partial charge >= 0.3 is 0 Å². The molecule has 0 fully saturated rings. The average Bonchev–Trinajstić information content (AvgIpc) is 3.05. The monoisotopic (exact) mass is 291 g/mol. The Morgan fingerprint density at radius 1 is 1.30 bits per heavy atom. The molecule has 0 saturated heterocycles. The highest BCUT2D eigenvalue weighted by molar-refractivity contribution is 7.11. The highest BCUT2D eigenvalue weighted by Crippen LogP contribution is 2.15. The summed E-state index contributed by atoms with van der Waals surface area (Å²) in [6.07, 6.45) is 4.11. The molecule has 6 heteroatoms. The summed E-state index contributed by atoms with van der Waals surface area (Å²) in [7, 11) is 1.78. The van der Waals surface area contributed by atoms with Gasteiger partial charge in [0.05, 0.1) is 12.2 Å². The summed E-state index contributed by atoms with van der Waals surface area (Å²) in [5.41, 5.74) is 1.11. The lowest BCUT2D eigenvalue weighted by Crippen LogP contribution is -2.38. The summed E-state index contributed by atoms with van der Waals surface area (Å²) < 4.78 is 2.13. The molecule has 0 aliphatic rings. The van der Waals surface area contributed by atoms with Crippen LogP contribution in [0.2, 0.25) is 0 Å². The number of aliphatic imine (C=N–C) groups is 1. The zero-order chi connectivity index (χ0) is 14.4. The number of nitrogens with zero attached hydrogens (tertiary/aromatic N) is 3. The largest absolute Gasteiger partial charge is 0.355 e. The Hall–Kier alpha value is -1.82. The van der Waals surface area contributed by atoms with E-state index in [4.69, 9.17) is 0 Å². The van der Waals surface area contributed by atoms with Gasteiger partial charge in [-0.15, -0.1) is 11.3 Å². The molecule has 0 aliphatic heterocycles. The minimum Gasteiger partial charge on any atom is -0.355 e. The fraction of sp³-hybridized carbons (Fsp3) is 0.429. The van der Waals surface area contributed by atoms with Gasteiger partial charge in [-0.2, -0.15) is 0 Å². The lowest BCUT2D eigenvalue weighted by Gasteiger charge is -2.11. The molecule has 20 heavy (non-hydrogen) atoms. The van der Waals surface area contributed by atoms with Crippen molar-refractivity contribution in [3.05, 3.63) is 40.1 Å². The lowest BCUT2D eigenvalue weighted by molar-refractivity contribution is 0.665. The molecule has 0 saturated carbocycles. The van der Waals surface area contributed by atoms with E-state index in [9.17, 15) is 0 Å². The van der Waals surface area contributed by atoms with Gasteiger partial charge in [0, 0.05) is 37.4 Å². The summed E-state index contributed by atoms with van der Waals surface area (Å²) in [5.74, 6) is 0.808. The van der Waals surface area contributed by atoms with E-state index in [2.05, 4.69) is 44.5 Å². The SMILES string of the molecule is CN=C(NCCn1cccc1)NCc1nc(C)c(C)s1. The van der Waals surface area contributed by atoms with Gasteiger partial charge in [0.25, 0.3) is 0 Å². The van der Waals surface area contributed by atoms with Gasteiger partial charge < -0.3 is 15.2 Å². The lowest BCUT2D eigenvalue weighted by atomic mass is 10.4. The molecule has 2 heterocycles. The quantitative estimate of drug-likeness (QED) is 0.654. The highest BCUT2D eigenvalue weighted by atomic mass is 32.1. The molecule has 0 aliphatic carbocycles. The van der Waals surface area contributed by atoms with Crippen molar-refractivity contribution in [1.29, 1.82) is 0 Å². The van der Waals surface area contributed by atoms with E-state index in [0.29, 0.717) is 6.54 Å². The van der Waals surface area contributed by atoms with Crippen LogP contribution in [0.15, 0.2) is 29.5 Å². The number of aryl methyl sites for hydroxylation is 2. The van der Waals surface area contributed by atoms with Crippen LogP contribution in [0.1, 0.15) is 15.6 Å². The molecular weight excluding hydrogens is 270 g/mol. The third-order valence-electron chi connectivity index (χ3n) is 3.03. The van der Waals surface area contributed by atoms with Gasteiger partial charge in [-0.3, -0.25) is 4.99 Å². The second-order valence-electron chi connectivity index (χ2n) is 4.52. The van der Waals surface area contributed by atoms with Crippen LogP contribution >= 0.6 is 11.3 Å². The Morgan fingerprint density at radius 3 is 2.65 bits per heavy atom. The van der Waals surface area contributed by atoms with E-state index >= 15 is 0 Å². The van der Waals surface area contributed by atoms with Crippen LogP contribution in [0.3, 0.4) is 0 Å². The first kappa shape index (κ1) is 14.6. The molecular formula is C14H21N5S. The van der Waals surface area contributed by atoms with E-state index < -0.39 is 0 Å². The maximum atomic E-state index is 4.51. The number of nitrogens with one attached hydrogen (secondary N) is 2. The molecule has 0 spiro atoms. The predicted octanol–water partition coefficient (Wildman–Crippen LogP) is 1.93. The van der Waals surface area contributed by atoms with Crippen molar-refractivity contribution in [2.24, 2.45) is 4.99 Å². The molecule has 2 aromatic rings. The third-order valence-corrected chi connectivity index (χ3v) is 4.10. The Balaban J connectivity index is 1.75. The second kappa shape index (κ2) is 7.09. The van der Waals surface area contributed by atoms with Crippen molar-refractivity contribution in [3.8, 4) is 0 Å². The number of guanidine groups is 1. The molecule has 2 aromatic heterocycles. The van der Waals surface area contributed by atoms with Crippen molar-refractivity contribution < 1.29 is 0 Å². The molecule has 2 rings (SSSR count). The molecule has 2 N–H and O–H groups in total. The Labute approximate surface area is 123 Å². The first-order chi connectivity index (χ1) is 9.69. The van der Waals surface area contributed by atoms with E-state index in [0.717, 1.165) is 29.8 Å². The minimum atomic E-state index is 0.711. The van der Waals surface area contributed by atoms with Crippen LogP contribution in [-0.4, -0.2) is 29.1 Å². The van der Waals surface area contributed by atoms with E-state index in [1.54, 1.807) is 18.4 Å². The Morgan fingerprint density at radius 2 is 2.05 bits per heavy atom. The van der Waals surface area contributed by atoms with Crippen LogP contribution in [0.5, 0.6) is 0 Å². The van der Waals surface area contributed by atoms with Gasteiger partial charge in [0.15, 0.2) is 5.96 Å². The zero-order valence-electron chi connectivity index (χ0n) is 12.2. The van der Waals surface area contributed by atoms with Crippen LogP contribution in [-0.2, 0) is 13.1 Å². The van der Waals surface area contributed by atoms with E-state index in [-0.39, 0.29) is 0 Å². The zero-order valence-corrected chi connectivity index (χ0v) is 13.0. The standard InChI is InChI=1S/C14H21N5S/c1-11-12(2)20-13(18-11)10-17-14(15-3)16-6-9-19-7-4-5-8-19/h4-5,7-8H,6,9-10H2,1-3H3,(H2,15,16,17). The van der Waals surface area contributed by atoms with Crippen LogP contribution < -0.4 is 10.6 Å². The maximum absolute atomic E-state index is 4.51.